The molecule has 0 unspecified atom stereocenters. The number of amides is 1. The van der Waals surface area contributed by atoms with Crippen LogP contribution in [-0.4, -0.2) is 22.3 Å². The van der Waals surface area contributed by atoms with Crippen molar-refractivity contribution in [3.05, 3.63) is 65.0 Å². The predicted octanol–water partition coefficient (Wildman–Crippen LogP) is 3.79. The van der Waals surface area contributed by atoms with Gasteiger partial charge in [0.15, 0.2) is 0 Å². The monoisotopic (exact) mass is 302 g/mol. The van der Waals surface area contributed by atoms with Crippen LogP contribution in [-0.2, 0) is 12.4 Å². The maximum atomic E-state index is 12.5. The molecule has 3 nitrogen and oxygen atoms in total. The summed E-state index contributed by atoms with van der Waals surface area (Å²) in [6.07, 6.45) is 0. The summed E-state index contributed by atoms with van der Waals surface area (Å²) in [5.41, 5.74) is 3.56. The number of benzene rings is 1. The van der Waals surface area contributed by atoms with Crippen molar-refractivity contribution >= 4 is 17.5 Å². The fourth-order valence-corrected chi connectivity index (χ4v) is 2.31. The summed E-state index contributed by atoms with van der Waals surface area (Å²) in [5, 5.41) is 0. The van der Waals surface area contributed by atoms with Crippen LogP contribution >= 0.6 is 11.6 Å². The Morgan fingerprint density at radius 3 is 2.48 bits per heavy atom. The summed E-state index contributed by atoms with van der Waals surface area (Å²) in [5.74, 6) is 0.473. The first-order valence-electron chi connectivity index (χ1n) is 7.00. The molecular formula is C17H19ClN2O. The standard InChI is InChI=1S/C17H19ClN2O/c1-3-20(12-16-6-4-5-13(2)19-16)17(21)15-9-7-14(11-18)8-10-15/h4-10H,3,11-12H2,1-2H3. The number of rotatable bonds is 5. The molecule has 0 atom stereocenters. The number of halogens is 1. The Bertz CT molecular complexity index is 610. The Morgan fingerprint density at radius 1 is 1.19 bits per heavy atom. The fraction of sp³-hybridized carbons (Fsp3) is 0.294. The highest BCUT2D eigenvalue weighted by molar-refractivity contribution is 6.17. The quantitative estimate of drug-likeness (QED) is 0.787. The van der Waals surface area contributed by atoms with E-state index in [0.29, 0.717) is 24.5 Å². The van der Waals surface area contributed by atoms with Crippen molar-refractivity contribution in [2.45, 2.75) is 26.3 Å². The van der Waals surface area contributed by atoms with Gasteiger partial charge in [-0.3, -0.25) is 9.78 Å². The number of nitrogens with zero attached hydrogens (tertiary/aromatic N) is 2. The van der Waals surface area contributed by atoms with E-state index in [9.17, 15) is 4.79 Å². The molecule has 1 aromatic carbocycles. The predicted molar refractivity (Wildman–Crippen MR) is 85.4 cm³/mol. The molecule has 0 spiro atoms. The average molecular weight is 303 g/mol. The molecule has 1 heterocycles. The lowest BCUT2D eigenvalue weighted by Crippen LogP contribution is -2.30. The largest absolute Gasteiger partial charge is 0.333 e. The van der Waals surface area contributed by atoms with Gasteiger partial charge in [0.05, 0.1) is 12.2 Å². The Labute approximate surface area is 130 Å². The van der Waals surface area contributed by atoms with Gasteiger partial charge in [0.2, 0.25) is 0 Å². The summed E-state index contributed by atoms with van der Waals surface area (Å²) in [7, 11) is 0. The number of carbonyl (C=O) groups excluding carboxylic acids is 1. The number of aryl methyl sites for hydroxylation is 1. The minimum Gasteiger partial charge on any atom is -0.333 e. The van der Waals surface area contributed by atoms with Crippen molar-refractivity contribution in [3.8, 4) is 0 Å². The molecule has 4 heteroatoms. The van der Waals surface area contributed by atoms with Gasteiger partial charge in [-0.05, 0) is 43.7 Å². The van der Waals surface area contributed by atoms with Crippen molar-refractivity contribution in [2.24, 2.45) is 0 Å². The van der Waals surface area contributed by atoms with E-state index in [-0.39, 0.29) is 5.91 Å². The smallest absolute Gasteiger partial charge is 0.254 e. The van der Waals surface area contributed by atoms with Crippen LogP contribution < -0.4 is 0 Å². The SMILES string of the molecule is CCN(Cc1cccc(C)n1)C(=O)c1ccc(CCl)cc1. The van der Waals surface area contributed by atoms with Gasteiger partial charge in [0, 0.05) is 23.7 Å². The van der Waals surface area contributed by atoms with E-state index in [1.165, 1.54) is 0 Å². The van der Waals surface area contributed by atoms with Crippen LogP contribution in [0.1, 0.15) is 34.2 Å². The molecule has 0 aliphatic rings. The van der Waals surface area contributed by atoms with E-state index in [1.807, 2.05) is 56.3 Å². The maximum Gasteiger partial charge on any atom is 0.254 e. The number of alkyl halides is 1. The van der Waals surface area contributed by atoms with Gasteiger partial charge < -0.3 is 4.90 Å². The van der Waals surface area contributed by atoms with Gasteiger partial charge in [0.25, 0.3) is 5.91 Å². The minimum atomic E-state index is 0.0157. The van der Waals surface area contributed by atoms with E-state index in [1.54, 1.807) is 4.90 Å². The molecular weight excluding hydrogens is 284 g/mol. The zero-order chi connectivity index (χ0) is 15.2. The lowest BCUT2D eigenvalue weighted by atomic mass is 10.1. The van der Waals surface area contributed by atoms with Gasteiger partial charge in [-0.2, -0.15) is 0 Å². The second-order valence-electron chi connectivity index (χ2n) is 4.92. The van der Waals surface area contributed by atoms with Gasteiger partial charge in [-0.15, -0.1) is 11.6 Å². The Balaban J connectivity index is 2.14. The Hall–Kier alpha value is -1.87. The molecule has 0 N–H and O–H groups in total. The van der Waals surface area contributed by atoms with Gasteiger partial charge in [-0.25, -0.2) is 0 Å². The molecule has 0 saturated carbocycles. The number of pyridine rings is 1. The van der Waals surface area contributed by atoms with Crippen LogP contribution in [0.2, 0.25) is 0 Å². The highest BCUT2D eigenvalue weighted by Gasteiger charge is 2.15. The number of hydrogen-bond acceptors (Lipinski definition) is 2. The lowest BCUT2D eigenvalue weighted by Gasteiger charge is -2.21. The molecule has 110 valence electrons. The van der Waals surface area contributed by atoms with Crippen LogP contribution in [0.25, 0.3) is 0 Å². The van der Waals surface area contributed by atoms with Crippen LogP contribution in [0, 0.1) is 6.92 Å². The molecule has 0 aliphatic heterocycles. The minimum absolute atomic E-state index is 0.0157. The molecule has 1 amide bonds. The van der Waals surface area contributed by atoms with Gasteiger partial charge >= 0.3 is 0 Å². The average Bonchev–Trinajstić information content (AvgIpc) is 2.52. The van der Waals surface area contributed by atoms with E-state index in [4.69, 9.17) is 11.6 Å². The van der Waals surface area contributed by atoms with Crippen LogP contribution in [0.15, 0.2) is 42.5 Å². The Morgan fingerprint density at radius 2 is 1.90 bits per heavy atom. The van der Waals surface area contributed by atoms with E-state index < -0.39 is 0 Å². The summed E-state index contributed by atoms with van der Waals surface area (Å²) in [6.45, 7) is 5.09. The first kappa shape index (κ1) is 15.5. The van der Waals surface area contributed by atoms with E-state index in [0.717, 1.165) is 17.0 Å². The van der Waals surface area contributed by atoms with Gasteiger partial charge in [0.1, 0.15) is 0 Å². The van der Waals surface area contributed by atoms with Crippen LogP contribution in [0.3, 0.4) is 0 Å². The van der Waals surface area contributed by atoms with Crippen molar-refractivity contribution in [2.75, 3.05) is 6.54 Å². The highest BCUT2D eigenvalue weighted by atomic mass is 35.5. The topological polar surface area (TPSA) is 33.2 Å². The molecule has 0 fully saturated rings. The molecule has 2 aromatic rings. The first-order chi connectivity index (χ1) is 10.1. The molecule has 21 heavy (non-hydrogen) atoms. The molecule has 0 aliphatic carbocycles. The third-order valence-electron chi connectivity index (χ3n) is 3.32. The zero-order valence-corrected chi connectivity index (χ0v) is 13.1. The van der Waals surface area contributed by atoms with Crippen LogP contribution in [0.5, 0.6) is 0 Å². The highest BCUT2D eigenvalue weighted by Crippen LogP contribution is 2.12. The van der Waals surface area contributed by atoms with Crippen molar-refractivity contribution < 1.29 is 4.79 Å². The first-order valence-corrected chi connectivity index (χ1v) is 7.54. The van der Waals surface area contributed by atoms with Crippen molar-refractivity contribution in [1.29, 1.82) is 0 Å². The van der Waals surface area contributed by atoms with Gasteiger partial charge in [-0.1, -0.05) is 18.2 Å². The Kier molecular flexibility index (Phi) is 5.34. The number of hydrogen-bond donors (Lipinski definition) is 0. The fourth-order valence-electron chi connectivity index (χ4n) is 2.13. The van der Waals surface area contributed by atoms with Crippen molar-refractivity contribution in [1.82, 2.24) is 9.88 Å². The molecule has 2 rings (SSSR count). The molecule has 1 aromatic heterocycles. The molecule has 0 bridgehead atoms. The third kappa shape index (κ3) is 4.05. The lowest BCUT2D eigenvalue weighted by molar-refractivity contribution is 0.0750. The van der Waals surface area contributed by atoms with Crippen molar-refractivity contribution in [3.63, 3.8) is 0 Å². The molecule has 0 radical (unpaired) electrons. The second kappa shape index (κ2) is 7.23. The summed E-state index contributed by atoms with van der Waals surface area (Å²) in [6, 6.07) is 13.3. The number of aromatic nitrogens is 1. The van der Waals surface area contributed by atoms with Crippen LogP contribution in [0.4, 0.5) is 0 Å². The maximum absolute atomic E-state index is 12.5. The zero-order valence-electron chi connectivity index (χ0n) is 12.3. The normalized spacial score (nSPS) is 10.4. The summed E-state index contributed by atoms with van der Waals surface area (Å²) < 4.78 is 0. The molecule has 0 saturated heterocycles. The second-order valence-corrected chi connectivity index (χ2v) is 5.19. The number of carbonyl (C=O) groups is 1. The summed E-state index contributed by atoms with van der Waals surface area (Å²) in [4.78, 5) is 18.8. The van der Waals surface area contributed by atoms with E-state index in [2.05, 4.69) is 4.98 Å². The third-order valence-corrected chi connectivity index (χ3v) is 3.63. The van der Waals surface area contributed by atoms with E-state index >= 15 is 0 Å². The summed E-state index contributed by atoms with van der Waals surface area (Å²) >= 11 is 5.77.